The Balaban J connectivity index is 1.93. The number of rotatable bonds is 6. The second-order valence-electron chi connectivity index (χ2n) is 7.37. The third-order valence-electron chi connectivity index (χ3n) is 5.09. The van der Waals surface area contributed by atoms with E-state index in [1.807, 2.05) is 43.3 Å². The van der Waals surface area contributed by atoms with Crippen molar-refractivity contribution < 1.29 is 14.3 Å². The fourth-order valence-corrected chi connectivity index (χ4v) is 3.44. The monoisotopic (exact) mass is 444 g/mol. The number of nitrogen functional groups attached to an aromatic ring is 1. The lowest BCUT2D eigenvalue weighted by Gasteiger charge is -2.13. The van der Waals surface area contributed by atoms with Crippen LogP contribution in [0, 0.1) is 13.8 Å². The lowest BCUT2D eigenvalue weighted by Crippen LogP contribution is -2.14. The number of nitrogens with zero attached hydrogens (tertiary/aromatic N) is 5. The number of azo groups is 1. The van der Waals surface area contributed by atoms with Crippen molar-refractivity contribution in [2.45, 2.75) is 20.8 Å². The molecule has 0 bridgehead atoms. The summed E-state index contributed by atoms with van der Waals surface area (Å²) in [5.74, 6) is 0.340. The van der Waals surface area contributed by atoms with Crippen molar-refractivity contribution in [2.24, 2.45) is 10.2 Å². The summed E-state index contributed by atoms with van der Waals surface area (Å²) in [5, 5.41) is 13.1. The van der Waals surface area contributed by atoms with Crippen LogP contribution in [0.25, 0.3) is 16.9 Å². The maximum atomic E-state index is 12.9. The summed E-state index contributed by atoms with van der Waals surface area (Å²) >= 11 is 0. The van der Waals surface area contributed by atoms with Crippen LogP contribution in [-0.4, -0.2) is 34.3 Å². The zero-order valence-corrected chi connectivity index (χ0v) is 18.9. The van der Waals surface area contributed by atoms with E-state index in [0.717, 1.165) is 11.1 Å². The number of fused-ring (bicyclic) bond motifs is 1. The maximum absolute atomic E-state index is 12.9. The van der Waals surface area contributed by atoms with Crippen LogP contribution in [-0.2, 0) is 4.74 Å². The van der Waals surface area contributed by atoms with Crippen LogP contribution in [0.2, 0.25) is 0 Å². The minimum absolute atomic E-state index is 0.147. The molecule has 0 aliphatic carbocycles. The summed E-state index contributed by atoms with van der Waals surface area (Å²) in [5.41, 5.74) is 10.7. The van der Waals surface area contributed by atoms with E-state index in [9.17, 15) is 4.79 Å². The van der Waals surface area contributed by atoms with Crippen molar-refractivity contribution in [3.63, 3.8) is 0 Å². The first kappa shape index (κ1) is 21.9. The quantitative estimate of drug-likeness (QED) is 0.323. The zero-order chi connectivity index (χ0) is 23.5. The van der Waals surface area contributed by atoms with Crippen molar-refractivity contribution in [3.8, 4) is 17.0 Å². The Morgan fingerprint density at radius 1 is 1.06 bits per heavy atom. The molecule has 0 fully saturated rings. The Kier molecular flexibility index (Phi) is 6.03. The number of aryl methyl sites for hydroxylation is 2. The number of carbonyl (C=O) groups is 1. The Labute approximate surface area is 190 Å². The molecule has 9 nitrogen and oxygen atoms in total. The van der Waals surface area contributed by atoms with Gasteiger partial charge in [-0.05, 0) is 57.2 Å². The van der Waals surface area contributed by atoms with E-state index in [0.29, 0.717) is 39.7 Å². The van der Waals surface area contributed by atoms with E-state index < -0.39 is 5.97 Å². The number of methoxy groups -OCH3 is 1. The van der Waals surface area contributed by atoms with E-state index in [4.69, 9.17) is 15.2 Å². The van der Waals surface area contributed by atoms with Gasteiger partial charge in [0, 0.05) is 5.56 Å². The van der Waals surface area contributed by atoms with E-state index in [1.165, 1.54) is 4.52 Å². The standard InChI is InChI=1S/C24H24N6O3/c1-5-33-24(31)19-15(3)26-23-20(28-27-17-10-6-14(2)7-11-17)22(25)29-30(23)21(19)16-8-12-18(32-4)13-9-16/h6-13H,5H2,1-4H3,(H2,25,29). The first-order valence-corrected chi connectivity index (χ1v) is 10.4. The van der Waals surface area contributed by atoms with Gasteiger partial charge in [-0.15, -0.1) is 10.2 Å². The molecule has 2 aromatic carbocycles. The minimum atomic E-state index is -0.493. The van der Waals surface area contributed by atoms with Crippen LogP contribution in [0.4, 0.5) is 17.2 Å². The summed E-state index contributed by atoms with van der Waals surface area (Å²) < 4.78 is 12.1. The molecule has 168 valence electrons. The molecular formula is C24H24N6O3. The van der Waals surface area contributed by atoms with Crippen LogP contribution >= 0.6 is 0 Å². The van der Waals surface area contributed by atoms with Gasteiger partial charge >= 0.3 is 5.97 Å². The van der Waals surface area contributed by atoms with Gasteiger partial charge in [0.05, 0.1) is 30.8 Å². The number of anilines is 1. The Bertz CT molecular complexity index is 1340. The normalized spacial score (nSPS) is 11.3. The minimum Gasteiger partial charge on any atom is -0.497 e. The molecule has 9 heteroatoms. The number of benzene rings is 2. The summed E-state index contributed by atoms with van der Waals surface area (Å²) in [6, 6.07) is 14.9. The lowest BCUT2D eigenvalue weighted by molar-refractivity contribution is 0.0525. The molecule has 2 N–H and O–H groups in total. The highest BCUT2D eigenvalue weighted by Crippen LogP contribution is 2.35. The molecule has 33 heavy (non-hydrogen) atoms. The summed E-state index contributed by atoms with van der Waals surface area (Å²) in [7, 11) is 1.59. The molecule has 0 saturated heterocycles. The molecule has 0 unspecified atom stereocenters. The van der Waals surface area contributed by atoms with Gasteiger partial charge in [0.1, 0.15) is 11.3 Å². The molecule has 0 saturated carbocycles. The summed E-state index contributed by atoms with van der Waals surface area (Å²) in [6.07, 6.45) is 0. The first-order valence-electron chi connectivity index (χ1n) is 10.4. The Hall–Kier alpha value is -4.27. The fourth-order valence-electron chi connectivity index (χ4n) is 3.44. The molecule has 2 heterocycles. The van der Waals surface area contributed by atoms with Crippen LogP contribution in [0.15, 0.2) is 58.8 Å². The predicted molar refractivity (Wildman–Crippen MR) is 125 cm³/mol. The van der Waals surface area contributed by atoms with Crippen LogP contribution in [0.5, 0.6) is 5.75 Å². The second-order valence-corrected chi connectivity index (χ2v) is 7.37. The number of ether oxygens (including phenoxy) is 2. The van der Waals surface area contributed by atoms with Crippen LogP contribution in [0.1, 0.15) is 28.5 Å². The predicted octanol–water partition coefficient (Wildman–Crippen LogP) is 5.20. The molecule has 0 atom stereocenters. The fraction of sp³-hybridized carbons (Fsp3) is 0.208. The average Bonchev–Trinajstić information content (AvgIpc) is 3.12. The van der Waals surface area contributed by atoms with E-state index >= 15 is 0 Å². The third-order valence-corrected chi connectivity index (χ3v) is 5.09. The van der Waals surface area contributed by atoms with Gasteiger partial charge in [-0.1, -0.05) is 17.7 Å². The number of hydrogen-bond donors (Lipinski definition) is 1. The van der Waals surface area contributed by atoms with Crippen molar-refractivity contribution >= 4 is 28.8 Å². The Morgan fingerprint density at radius 2 is 1.76 bits per heavy atom. The van der Waals surface area contributed by atoms with Gasteiger partial charge in [0.15, 0.2) is 17.2 Å². The molecule has 0 spiro atoms. The maximum Gasteiger partial charge on any atom is 0.342 e. The molecule has 0 aliphatic rings. The van der Waals surface area contributed by atoms with Gasteiger partial charge in [-0.2, -0.15) is 5.11 Å². The third kappa shape index (κ3) is 4.25. The average molecular weight is 444 g/mol. The zero-order valence-electron chi connectivity index (χ0n) is 18.9. The highest BCUT2D eigenvalue weighted by atomic mass is 16.5. The van der Waals surface area contributed by atoms with Crippen molar-refractivity contribution in [1.82, 2.24) is 14.6 Å². The number of nitrogens with two attached hydrogens (primary N) is 1. The number of hydrogen-bond acceptors (Lipinski definition) is 8. The smallest absolute Gasteiger partial charge is 0.342 e. The van der Waals surface area contributed by atoms with E-state index in [2.05, 4.69) is 20.3 Å². The van der Waals surface area contributed by atoms with Gasteiger partial charge in [-0.3, -0.25) is 0 Å². The van der Waals surface area contributed by atoms with Gasteiger partial charge in [0.2, 0.25) is 0 Å². The lowest BCUT2D eigenvalue weighted by atomic mass is 10.0. The number of carbonyl (C=O) groups excluding carboxylic acids is 1. The molecule has 0 aliphatic heterocycles. The highest BCUT2D eigenvalue weighted by molar-refractivity contribution is 5.98. The van der Waals surface area contributed by atoms with Crippen molar-refractivity contribution in [3.05, 3.63) is 65.4 Å². The molecule has 4 rings (SSSR count). The highest BCUT2D eigenvalue weighted by Gasteiger charge is 2.25. The topological polar surface area (TPSA) is 116 Å². The Morgan fingerprint density at radius 3 is 2.39 bits per heavy atom. The largest absolute Gasteiger partial charge is 0.497 e. The van der Waals surface area contributed by atoms with Gasteiger partial charge < -0.3 is 15.2 Å². The van der Waals surface area contributed by atoms with Crippen molar-refractivity contribution in [1.29, 1.82) is 0 Å². The second kappa shape index (κ2) is 9.07. The van der Waals surface area contributed by atoms with Crippen molar-refractivity contribution in [2.75, 3.05) is 19.5 Å². The SMILES string of the molecule is CCOC(=O)c1c(C)nc2c(N=Nc3ccc(C)cc3)c(N)nn2c1-c1ccc(OC)cc1. The molecule has 4 aromatic rings. The van der Waals surface area contributed by atoms with E-state index in [1.54, 1.807) is 33.1 Å². The number of esters is 1. The van der Waals surface area contributed by atoms with Crippen LogP contribution in [0.3, 0.4) is 0 Å². The molecular weight excluding hydrogens is 420 g/mol. The molecule has 0 amide bonds. The van der Waals surface area contributed by atoms with Gasteiger partial charge in [0.25, 0.3) is 0 Å². The first-order chi connectivity index (χ1) is 15.9. The molecule has 0 radical (unpaired) electrons. The van der Waals surface area contributed by atoms with E-state index in [-0.39, 0.29) is 12.4 Å². The van der Waals surface area contributed by atoms with Crippen LogP contribution < -0.4 is 10.5 Å². The molecule has 2 aromatic heterocycles. The summed E-state index contributed by atoms with van der Waals surface area (Å²) in [6.45, 7) is 5.72. The van der Waals surface area contributed by atoms with Gasteiger partial charge in [-0.25, -0.2) is 14.3 Å². The summed E-state index contributed by atoms with van der Waals surface area (Å²) in [4.78, 5) is 17.4. The number of aromatic nitrogens is 3.